The van der Waals surface area contributed by atoms with Crippen molar-refractivity contribution in [3.8, 4) is 5.75 Å². The summed E-state index contributed by atoms with van der Waals surface area (Å²) in [6.45, 7) is 0.0567. The summed E-state index contributed by atoms with van der Waals surface area (Å²) in [7, 11) is 1.52. The number of anilines is 1. The Morgan fingerprint density at radius 3 is 2.48 bits per heavy atom. The number of rotatable bonds is 11. The number of benzene rings is 2. The highest BCUT2D eigenvalue weighted by Gasteiger charge is 2.38. The van der Waals surface area contributed by atoms with E-state index in [1.54, 1.807) is 24.3 Å². The molecule has 0 saturated carbocycles. The van der Waals surface area contributed by atoms with Gasteiger partial charge in [-0.3, -0.25) is 19.2 Å². The van der Waals surface area contributed by atoms with E-state index >= 15 is 0 Å². The van der Waals surface area contributed by atoms with Gasteiger partial charge in [0.2, 0.25) is 17.7 Å². The molecule has 1 aliphatic rings. The molecule has 214 valence electrons. The van der Waals surface area contributed by atoms with Crippen LogP contribution in [0.1, 0.15) is 31.2 Å². The number of amides is 5. The topological polar surface area (TPSA) is 180 Å². The van der Waals surface area contributed by atoms with Crippen molar-refractivity contribution in [1.82, 2.24) is 15.5 Å². The van der Waals surface area contributed by atoms with Crippen molar-refractivity contribution in [1.29, 1.82) is 0 Å². The van der Waals surface area contributed by atoms with E-state index in [0.717, 1.165) is 6.07 Å². The number of carboxylic acid groups (broad SMARTS) is 1. The predicted octanol–water partition coefficient (Wildman–Crippen LogP) is 1.39. The Morgan fingerprint density at radius 1 is 1.12 bits per heavy atom. The van der Waals surface area contributed by atoms with Crippen LogP contribution in [0.15, 0.2) is 48.5 Å². The number of carbonyl (C=O) groups is 5. The third kappa shape index (κ3) is 8.68. The summed E-state index contributed by atoms with van der Waals surface area (Å²) >= 11 is 0. The Balaban J connectivity index is 1.72. The SMILES string of the molecule is COc1ccc(C[C@H](NC(=O)[C@@H]2C[C@@H](NC(=O)Nc3cccc(F)c3)CCN2C(=O)CCC(=O)O)C(N)=O)cc1. The number of nitrogens with two attached hydrogens (primary N) is 1. The van der Waals surface area contributed by atoms with E-state index in [4.69, 9.17) is 15.6 Å². The quantitative estimate of drug-likeness (QED) is 0.277. The van der Waals surface area contributed by atoms with Crippen LogP contribution < -0.4 is 26.4 Å². The van der Waals surface area contributed by atoms with E-state index in [9.17, 15) is 28.4 Å². The van der Waals surface area contributed by atoms with Crippen LogP contribution in [-0.2, 0) is 25.6 Å². The fraction of sp³-hybridized carbons (Fsp3) is 0.370. The lowest BCUT2D eigenvalue weighted by molar-refractivity contribution is -0.146. The van der Waals surface area contributed by atoms with Crippen LogP contribution in [0.4, 0.5) is 14.9 Å². The van der Waals surface area contributed by atoms with Gasteiger partial charge in [-0.25, -0.2) is 9.18 Å². The lowest BCUT2D eigenvalue weighted by Gasteiger charge is -2.39. The molecule has 3 atom stereocenters. The number of carbonyl (C=O) groups excluding carboxylic acids is 4. The first-order valence-electron chi connectivity index (χ1n) is 12.6. The van der Waals surface area contributed by atoms with E-state index in [2.05, 4.69) is 16.0 Å². The standard InChI is InChI=1S/C27H32FN5O7/c1-40-20-7-5-16(6-8-20)13-21(25(29)37)32-26(38)22-15-19(11-12-33(22)23(34)9-10-24(35)36)31-27(39)30-18-4-2-3-17(28)14-18/h2-8,14,19,21-22H,9-13,15H2,1H3,(H2,29,37)(H,32,38)(H,35,36)(H2,30,31,39)/t19-,21-,22-/m0/s1. The van der Waals surface area contributed by atoms with Crippen LogP contribution >= 0.6 is 0 Å². The zero-order chi connectivity index (χ0) is 29.2. The Kier molecular flexibility index (Phi) is 10.4. The number of hydrogen-bond acceptors (Lipinski definition) is 6. The second-order valence-electron chi connectivity index (χ2n) is 9.34. The molecule has 0 unspecified atom stereocenters. The maximum absolute atomic E-state index is 13.5. The minimum atomic E-state index is -1.16. The number of hydrogen-bond donors (Lipinski definition) is 5. The molecule has 0 spiro atoms. The van der Waals surface area contributed by atoms with Gasteiger partial charge in [0.15, 0.2) is 0 Å². The van der Waals surface area contributed by atoms with Crippen molar-refractivity contribution in [2.45, 2.75) is 50.2 Å². The Morgan fingerprint density at radius 2 is 1.85 bits per heavy atom. The van der Waals surface area contributed by atoms with Crippen molar-refractivity contribution in [2.75, 3.05) is 19.0 Å². The lowest BCUT2D eigenvalue weighted by atomic mass is 9.95. The summed E-state index contributed by atoms with van der Waals surface area (Å²) in [5, 5.41) is 16.8. The highest BCUT2D eigenvalue weighted by Crippen LogP contribution is 2.21. The number of methoxy groups -OCH3 is 1. The molecule has 0 radical (unpaired) electrons. The molecule has 0 aromatic heterocycles. The van der Waals surface area contributed by atoms with Gasteiger partial charge in [-0.05, 0) is 48.7 Å². The number of nitrogens with one attached hydrogen (secondary N) is 3. The molecule has 3 rings (SSSR count). The van der Waals surface area contributed by atoms with Crippen LogP contribution in [0.25, 0.3) is 0 Å². The van der Waals surface area contributed by atoms with Crippen molar-refractivity contribution < 1.29 is 38.2 Å². The number of likely N-dealkylation sites (tertiary alicyclic amines) is 1. The molecule has 2 aromatic carbocycles. The molecule has 13 heteroatoms. The van der Waals surface area contributed by atoms with Crippen molar-refractivity contribution in [3.05, 3.63) is 59.9 Å². The largest absolute Gasteiger partial charge is 0.497 e. The van der Waals surface area contributed by atoms with Gasteiger partial charge >= 0.3 is 12.0 Å². The summed E-state index contributed by atoms with van der Waals surface area (Å²) in [6.07, 6.45) is -0.368. The number of urea groups is 1. The van der Waals surface area contributed by atoms with Crippen molar-refractivity contribution >= 4 is 35.4 Å². The Hall–Kier alpha value is -4.68. The third-order valence-corrected chi connectivity index (χ3v) is 6.45. The van der Waals surface area contributed by atoms with Crippen molar-refractivity contribution in [3.63, 3.8) is 0 Å². The number of aliphatic carboxylic acids is 1. The molecule has 2 aromatic rings. The molecule has 1 aliphatic heterocycles. The van der Waals surface area contributed by atoms with Crippen LogP contribution in [0.3, 0.4) is 0 Å². The van der Waals surface area contributed by atoms with Crippen molar-refractivity contribution in [2.24, 2.45) is 5.73 Å². The van der Waals surface area contributed by atoms with Crippen LogP contribution in [-0.4, -0.2) is 71.5 Å². The fourth-order valence-electron chi connectivity index (χ4n) is 4.41. The van der Waals surface area contributed by atoms with Gasteiger partial charge in [0.05, 0.1) is 13.5 Å². The number of carboxylic acids is 1. The molecule has 6 N–H and O–H groups in total. The molecule has 40 heavy (non-hydrogen) atoms. The summed E-state index contributed by atoms with van der Waals surface area (Å²) in [5.74, 6) is -3.07. The second-order valence-corrected chi connectivity index (χ2v) is 9.34. The van der Waals surface area contributed by atoms with E-state index in [-0.39, 0.29) is 37.9 Å². The van der Waals surface area contributed by atoms with Gasteiger partial charge in [-0.2, -0.15) is 0 Å². The molecule has 0 bridgehead atoms. The Bertz CT molecular complexity index is 1240. The maximum Gasteiger partial charge on any atom is 0.319 e. The van der Waals surface area contributed by atoms with E-state index in [1.807, 2.05) is 0 Å². The van der Waals surface area contributed by atoms with Crippen LogP contribution in [0.2, 0.25) is 0 Å². The average Bonchev–Trinajstić information content (AvgIpc) is 2.91. The zero-order valence-electron chi connectivity index (χ0n) is 21.9. The molecule has 1 fully saturated rings. The van der Waals surface area contributed by atoms with Crippen LogP contribution in [0.5, 0.6) is 5.75 Å². The third-order valence-electron chi connectivity index (χ3n) is 6.45. The highest BCUT2D eigenvalue weighted by molar-refractivity contribution is 5.93. The molecule has 0 aliphatic carbocycles. The van der Waals surface area contributed by atoms with Gasteiger partial charge in [-0.15, -0.1) is 0 Å². The first-order chi connectivity index (χ1) is 19.0. The molecular weight excluding hydrogens is 525 g/mol. The molecule has 12 nitrogen and oxygen atoms in total. The minimum absolute atomic E-state index is 0.00473. The highest BCUT2D eigenvalue weighted by atomic mass is 19.1. The monoisotopic (exact) mass is 557 g/mol. The van der Waals surface area contributed by atoms with E-state index in [0.29, 0.717) is 11.3 Å². The van der Waals surface area contributed by atoms with Crippen LogP contribution in [0, 0.1) is 5.82 Å². The number of piperidine rings is 1. The number of primary amides is 1. The normalized spacial score (nSPS) is 17.3. The molecular formula is C27H32FN5O7. The fourth-order valence-corrected chi connectivity index (χ4v) is 4.41. The first kappa shape index (κ1) is 29.9. The number of halogens is 1. The zero-order valence-corrected chi connectivity index (χ0v) is 21.9. The lowest BCUT2D eigenvalue weighted by Crippen LogP contribution is -2.60. The molecule has 1 saturated heterocycles. The second kappa shape index (κ2) is 13.9. The summed E-state index contributed by atoms with van der Waals surface area (Å²) in [6, 6.07) is 8.78. The summed E-state index contributed by atoms with van der Waals surface area (Å²) in [4.78, 5) is 63.2. The van der Waals surface area contributed by atoms with Gasteiger partial charge in [-0.1, -0.05) is 18.2 Å². The summed E-state index contributed by atoms with van der Waals surface area (Å²) < 4.78 is 18.6. The maximum atomic E-state index is 13.5. The van der Waals surface area contributed by atoms with Gasteiger partial charge in [0, 0.05) is 31.1 Å². The van der Waals surface area contributed by atoms with E-state index < -0.39 is 60.1 Å². The molecule has 5 amide bonds. The van der Waals surface area contributed by atoms with Gasteiger partial charge < -0.3 is 36.4 Å². The van der Waals surface area contributed by atoms with E-state index in [1.165, 1.54) is 30.2 Å². The van der Waals surface area contributed by atoms with Gasteiger partial charge in [0.1, 0.15) is 23.7 Å². The number of nitrogens with zero attached hydrogens (tertiary/aromatic N) is 1. The minimum Gasteiger partial charge on any atom is -0.497 e. The van der Waals surface area contributed by atoms with Gasteiger partial charge in [0.25, 0.3) is 0 Å². The number of ether oxygens (including phenoxy) is 1. The summed E-state index contributed by atoms with van der Waals surface area (Å²) in [5.41, 5.74) is 6.49. The predicted molar refractivity (Wildman–Crippen MR) is 142 cm³/mol. The average molecular weight is 558 g/mol. The first-order valence-corrected chi connectivity index (χ1v) is 12.6. The molecule has 1 heterocycles. The smallest absolute Gasteiger partial charge is 0.319 e. The Labute approximate surface area is 230 Å².